The highest BCUT2D eigenvalue weighted by Gasteiger charge is 2.47. The fourth-order valence-electron chi connectivity index (χ4n) is 5.78. The molecule has 132 valence electrons. The van der Waals surface area contributed by atoms with Crippen molar-refractivity contribution < 1.29 is 4.42 Å². The van der Waals surface area contributed by atoms with E-state index in [1.165, 1.54) is 32.1 Å². The third kappa shape index (κ3) is 3.03. The molecule has 4 aliphatic rings. The summed E-state index contributed by atoms with van der Waals surface area (Å²) in [5.41, 5.74) is 0.857. The Morgan fingerprint density at radius 1 is 0.920 bits per heavy atom. The third-order valence-electron chi connectivity index (χ3n) is 6.59. The molecule has 0 radical (unpaired) electrons. The summed E-state index contributed by atoms with van der Waals surface area (Å²) in [5.74, 6) is 5.55. The molecule has 1 N–H and O–H groups in total. The molecule has 0 unspecified atom stereocenters. The third-order valence-corrected chi connectivity index (χ3v) is 7.16. The van der Waals surface area contributed by atoms with Gasteiger partial charge in [0.2, 0.25) is 0 Å². The maximum Gasteiger partial charge on any atom is 0.135 e. The minimum Gasteiger partial charge on any atom is -0.460 e. The van der Waals surface area contributed by atoms with Crippen LogP contribution < -0.4 is 5.32 Å². The van der Waals surface area contributed by atoms with Crippen LogP contribution in [0.3, 0.4) is 0 Å². The van der Waals surface area contributed by atoms with E-state index in [0.717, 1.165) is 47.3 Å². The maximum absolute atomic E-state index is 6.29. The van der Waals surface area contributed by atoms with Gasteiger partial charge in [0, 0.05) is 16.6 Å². The minimum absolute atomic E-state index is 0.666. The Labute approximate surface area is 158 Å². The SMILES string of the molecule is Clc1ccc(Cl)c(-c2ccc(CNC3C4CC5CC(C4)CC3C5)o2)c1. The van der Waals surface area contributed by atoms with Crippen LogP contribution in [0.25, 0.3) is 11.3 Å². The summed E-state index contributed by atoms with van der Waals surface area (Å²) < 4.78 is 6.04. The summed E-state index contributed by atoms with van der Waals surface area (Å²) in [6.45, 7) is 0.797. The molecule has 4 fully saturated rings. The molecule has 4 saturated carbocycles. The van der Waals surface area contributed by atoms with Crippen LogP contribution in [0, 0.1) is 23.7 Å². The second kappa shape index (κ2) is 6.33. The van der Waals surface area contributed by atoms with Gasteiger partial charge in [0.05, 0.1) is 11.6 Å². The van der Waals surface area contributed by atoms with Gasteiger partial charge < -0.3 is 9.73 Å². The Hall–Kier alpha value is -0.960. The second-order valence-corrected chi connectivity index (χ2v) is 9.07. The van der Waals surface area contributed by atoms with Crippen LogP contribution in [-0.2, 0) is 6.54 Å². The van der Waals surface area contributed by atoms with Crippen LogP contribution in [-0.4, -0.2) is 6.04 Å². The molecule has 2 aromatic rings. The van der Waals surface area contributed by atoms with Gasteiger partial charge in [-0.25, -0.2) is 0 Å². The number of hydrogen-bond donors (Lipinski definition) is 1. The van der Waals surface area contributed by atoms with E-state index < -0.39 is 0 Å². The van der Waals surface area contributed by atoms with E-state index in [4.69, 9.17) is 27.6 Å². The lowest BCUT2D eigenvalue weighted by Gasteiger charge is -2.54. The van der Waals surface area contributed by atoms with Crippen LogP contribution in [0.2, 0.25) is 10.0 Å². The summed E-state index contributed by atoms with van der Waals surface area (Å²) in [4.78, 5) is 0. The number of hydrogen-bond acceptors (Lipinski definition) is 2. The van der Waals surface area contributed by atoms with Gasteiger partial charge in [-0.15, -0.1) is 0 Å². The molecule has 0 spiro atoms. The molecule has 0 saturated heterocycles. The predicted molar refractivity (Wildman–Crippen MR) is 102 cm³/mol. The number of nitrogens with one attached hydrogen (secondary N) is 1. The lowest BCUT2D eigenvalue weighted by Crippen LogP contribution is -2.54. The van der Waals surface area contributed by atoms with Crippen molar-refractivity contribution >= 4 is 23.2 Å². The van der Waals surface area contributed by atoms with Crippen LogP contribution >= 0.6 is 23.2 Å². The highest BCUT2D eigenvalue weighted by molar-refractivity contribution is 6.35. The van der Waals surface area contributed by atoms with Gasteiger partial charge in [0.1, 0.15) is 11.5 Å². The van der Waals surface area contributed by atoms with Crippen LogP contribution in [0.15, 0.2) is 34.7 Å². The molecule has 1 aromatic carbocycles. The minimum atomic E-state index is 0.666. The van der Waals surface area contributed by atoms with Crippen LogP contribution in [0.5, 0.6) is 0 Å². The Bertz CT molecular complexity index is 756. The Balaban J connectivity index is 1.28. The average Bonchev–Trinajstić information content (AvgIpc) is 3.04. The summed E-state index contributed by atoms with van der Waals surface area (Å²) in [6.07, 6.45) is 7.25. The maximum atomic E-state index is 6.29. The molecule has 0 amide bonds. The Morgan fingerprint density at radius 3 is 2.36 bits per heavy atom. The van der Waals surface area contributed by atoms with Gasteiger partial charge >= 0.3 is 0 Å². The summed E-state index contributed by atoms with van der Waals surface area (Å²) in [5, 5.41) is 5.16. The normalized spacial score (nSPS) is 33.1. The first-order chi connectivity index (χ1) is 12.2. The van der Waals surface area contributed by atoms with Crippen LogP contribution in [0.1, 0.15) is 37.9 Å². The quantitative estimate of drug-likeness (QED) is 0.691. The molecule has 1 heterocycles. The Kier molecular flexibility index (Phi) is 4.11. The van der Waals surface area contributed by atoms with Crippen molar-refractivity contribution in [3.05, 3.63) is 46.1 Å². The van der Waals surface area contributed by atoms with E-state index in [2.05, 4.69) is 11.4 Å². The lowest BCUT2D eigenvalue weighted by atomic mass is 9.54. The fraction of sp³-hybridized carbons (Fsp3) is 0.524. The van der Waals surface area contributed by atoms with Crippen molar-refractivity contribution in [1.29, 1.82) is 0 Å². The molecular weight excluding hydrogens is 353 g/mol. The molecule has 0 aliphatic heterocycles. The molecule has 4 heteroatoms. The van der Waals surface area contributed by atoms with Gasteiger partial charge in [-0.1, -0.05) is 23.2 Å². The molecule has 25 heavy (non-hydrogen) atoms. The number of rotatable bonds is 4. The average molecular weight is 376 g/mol. The smallest absolute Gasteiger partial charge is 0.135 e. The van der Waals surface area contributed by atoms with E-state index in [0.29, 0.717) is 16.1 Å². The molecule has 4 bridgehead atoms. The zero-order valence-electron chi connectivity index (χ0n) is 14.2. The lowest BCUT2D eigenvalue weighted by molar-refractivity contribution is -0.0147. The zero-order chi connectivity index (χ0) is 17.0. The first-order valence-electron chi connectivity index (χ1n) is 9.43. The van der Waals surface area contributed by atoms with Crippen molar-refractivity contribution in [3.63, 3.8) is 0 Å². The summed E-state index contributed by atoms with van der Waals surface area (Å²) in [7, 11) is 0. The fourth-order valence-corrected chi connectivity index (χ4v) is 6.16. The van der Waals surface area contributed by atoms with Crippen molar-refractivity contribution in [2.24, 2.45) is 23.7 Å². The van der Waals surface area contributed by atoms with Gasteiger partial charge in [0.15, 0.2) is 0 Å². The van der Waals surface area contributed by atoms with Crippen LogP contribution in [0.4, 0.5) is 0 Å². The van der Waals surface area contributed by atoms with Crippen molar-refractivity contribution in [2.75, 3.05) is 0 Å². The molecule has 6 rings (SSSR count). The van der Waals surface area contributed by atoms with Crippen molar-refractivity contribution in [3.8, 4) is 11.3 Å². The highest BCUT2D eigenvalue weighted by Crippen LogP contribution is 2.53. The monoisotopic (exact) mass is 375 g/mol. The Morgan fingerprint density at radius 2 is 1.64 bits per heavy atom. The van der Waals surface area contributed by atoms with E-state index in [-0.39, 0.29) is 0 Å². The zero-order valence-corrected chi connectivity index (χ0v) is 15.7. The van der Waals surface area contributed by atoms with Gasteiger partial charge in [-0.05, 0) is 86.1 Å². The second-order valence-electron chi connectivity index (χ2n) is 8.23. The predicted octanol–water partition coefficient (Wildman–Crippen LogP) is 6.17. The topological polar surface area (TPSA) is 25.2 Å². The van der Waals surface area contributed by atoms with E-state index in [9.17, 15) is 0 Å². The first-order valence-corrected chi connectivity index (χ1v) is 10.2. The van der Waals surface area contributed by atoms with E-state index >= 15 is 0 Å². The molecule has 0 atom stereocenters. The van der Waals surface area contributed by atoms with Crippen molar-refractivity contribution in [1.82, 2.24) is 5.32 Å². The standard InChI is InChI=1S/C21H23Cl2NO/c22-16-1-3-19(23)18(10-16)20-4-2-17(25-20)11-24-21-14-6-12-5-13(8-14)9-15(21)7-12/h1-4,10,12-15,21,24H,5-9,11H2. The molecular formula is C21H23Cl2NO. The van der Waals surface area contributed by atoms with Gasteiger partial charge in [0.25, 0.3) is 0 Å². The number of benzene rings is 1. The molecule has 2 nitrogen and oxygen atoms in total. The van der Waals surface area contributed by atoms with E-state index in [1.54, 1.807) is 6.07 Å². The summed E-state index contributed by atoms with van der Waals surface area (Å²) in [6, 6.07) is 10.2. The van der Waals surface area contributed by atoms with Crippen molar-refractivity contribution in [2.45, 2.75) is 44.7 Å². The number of furan rings is 1. The highest BCUT2D eigenvalue weighted by atomic mass is 35.5. The first kappa shape index (κ1) is 16.2. The molecule has 4 aliphatic carbocycles. The molecule has 1 aromatic heterocycles. The van der Waals surface area contributed by atoms with Gasteiger partial charge in [-0.3, -0.25) is 0 Å². The van der Waals surface area contributed by atoms with E-state index in [1.807, 2.05) is 18.2 Å². The van der Waals surface area contributed by atoms with Gasteiger partial charge in [-0.2, -0.15) is 0 Å². The number of halogens is 2. The largest absolute Gasteiger partial charge is 0.460 e. The summed E-state index contributed by atoms with van der Waals surface area (Å²) >= 11 is 12.4.